The fourth-order valence-electron chi connectivity index (χ4n) is 2.01. The number of pyridine rings is 1. The molecule has 2 aromatic rings. The van der Waals surface area contributed by atoms with Crippen molar-refractivity contribution in [2.45, 2.75) is 20.3 Å². The summed E-state index contributed by atoms with van der Waals surface area (Å²) in [7, 11) is 0. The van der Waals surface area contributed by atoms with Crippen molar-refractivity contribution in [2.24, 2.45) is 0 Å². The molecule has 0 aliphatic carbocycles. The third kappa shape index (κ3) is 3.06. The number of benzene rings is 1. The van der Waals surface area contributed by atoms with Crippen molar-refractivity contribution >= 4 is 28.1 Å². The Bertz CT molecular complexity index is 689. The zero-order valence-corrected chi connectivity index (χ0v) is 12.5. The first-order valence-corrected chi connectivity index (χ1v) is 6.88. The summed E-state index contributed by atoms with van der Waals surface area (Å²) >= 11 is 5.23. The van der Waals surface area contributed by atoms with Crippen LogP contribution in [0.4, 0.5) is 0 Å². The van der Waals surface area contributed by atoms with E-state index in [9.17, 15) is 0 Å². The Labute approximate surface area is 124 Å². The van der Waals surface area contributed by atoms with Gasteiger partial charge in [0, 0.05) is 19.1 Å². The van der Waals surface area contributed by atoms with E-state index in [0.29, 0.717) is 18.0 Å². The van der Waals surface area contributed by atoms with Gasteiger partial charge in [-0.15, -0.1) is 6.42 Å². The van der Waals surface area contributed by atoms with Gasteiger partial charge >= 0.3 is 0 Å². The molecule has 0 fully saturated rings. The molecule has 0 saturated carbocycles. The van der Waals surface area contributed by atoms with E-state index in [0.717, 1.165) is 22.3 Å². The maximum Gasteiger partial charge on any atom is 0.243 e. The van der Waals surface area contributed by atoms with Gasteiger partial charge in [-0.3, -0.25) is 0 Å². The lowest BCUT2D eigenvalue weighted by atomic mass is 10.2. The smallest absolute Gasteiger partial charge is 0.243 e. The van der Waals surface area contributed by atoms with E-state index in [1.54, 1.807) is 0 Å². The number of hydrogen-bond acceptors (Lipinski definition) is 2. The number of terminal acetylenes is 1. The number of ether oxygens (including phenoxy) is 1. The molecule has 0 spiro atoms. The predicted octanol–water partition coefficient (Wildman–Crippen LogP) is 2.73. The molecule has 0 unspecified atom stereocenters. The quantitative estimate of drug-likeness (QED) is 0.531. The summed E-state index contributed by atoms with van der Waals surface area (Å²) in [5.41, 5.74) is 5.26. The number of aromatic nitrogens is 1. The molecule has 0 saturated heterocycles. The van der Waals surface area contributed by atoms with E-state index in [4.69, 9.17) is 23.4 Å². The molecule has 1 aromatic heterocycles. The zero-order chi connectivity index (χ0) is 14.5. The molecule has 0 amide bonds. The molecule has 20 heavy (non-hydrogen) atoms. The van der Waals surface area contributed by atoms with Crippen LogP contribution in [0.1, 0.15) is 19.0 Å². The van der Waals surface area contributed by atoms with Gasteiger partial charge in [-0.1, -0.05) is 22.8 Å². The molecule has 0 atom stereocenters. The van der Waals surface area contributed by atoms with Gasteiger partial charge in [0.2, 0.25) is 11.2 Å². The first-order chi connectivity index (χ1) is 9.65. The largest absolute Gasteiger partial charge is 0.494 e. The van der Waals surface area contributed by atoms with Crippen molar-refractivity contribution in [3.63, 3.8) is 0 Å². The first kappa shape index (κ1) is 14.3. The summed E-state index contributed by atoms with van der Waals surface area (Å²) in [6.45, 7) is 4.64. The number of thiocarbonyl (C=S) groups is 1. The van der Waals surface area contributed by atoms with Crippen LogP contribution in [0.15, 0.2) is 30.3 Å². The third-order valence-electron chi connectivity index (χ3n) is 2.91. The average molecular weight is 285 g/mol. The van der Waals surface area contributed by atoms with E-state index in [2.05, 4.69) is 17.4 Å². The molecule has 1 heterocycles. The van der Waals surface area contributed by atoms with Crippen LogP contribution in [-0.4, -0.2) is 11.6 Å². The molecular formula is C16H17N2OS+. The molecule has 0 aliphatic heterocycles. The SMILES string of the molecule is C#CCC(=S)N[n+]1c(C)ccc2cc(OCC)ccc21. The fraction of sp³-hybridized carbons (Fsp3) is 0.250. The predicted molar refractivity (Wildman–Crippen MR) is 85.5 cm³/mol. The second-order valence-corrected chi connectivity index (χ2v) is 4.87. The Balaban J connectivity index is 2.45. The van der Waals surface area contributed by atoms with Gasteiger partial charge in [0.05, 0.1) is 18.4 Å². The summed E-state index contributed by atoms with van der Waals surface area (Å²) in [5.74, 6) is 3.41. The Kier molecular flexibility index (Phi) is 4.54. The molecule has 102 valence electrons. The normalized spacial score (nSPS) is 10.1. The second kappa shape index (κ2) is 6.36. The van der Waals surface area contributed by atoms with Crippen molar-refractivity contribution < 1.29 is 9.41 Å². The highest BCUT2D eigenvalue weighted by Crippen LogP contribution is 2.18. The van der Waals surface area contributed by atoms with Crippen LogP contribution in [0.25, 0.3) is 10.9 Å². The minimum Gasteiger partial charge on any atom is -0.494 e. The highest BCUT2D eigenvalue weighted by Gasteiger charge is 2.14. The first-order valence-electron chi connectivity index (χ1n) is 6.47. The molecule has 2 rings (SSSR count). The Morgan fingerprint density at radius 1 is 1.40 bits per heavy atom. The standard InChI is InChI=1S/C16H16N2OS/c1-4-6-16(20)17-18-12(3)7-8-13-11-14(19-5-2)9-10-15(13)18/h1,7-11H,5-6H2,2-3H3/p+1. The number of aryl methyl sites for hydroxylation is 1. The maximum atomic E-state index is 5.52. The van der Waals surface area contributed by atoms with Gasteiger partial charge in [-0.2, -0.15) is 5.43 Å². The van der Waals surface area contributed by atoms with Gasteiger partial charge in [0.1, 0.15) is 10.7 Å². The van der Waals surface area contributed by atoms with Crippen LogP contribution in [-0.2, 0) is 0 Å². The van der Waals surface area contributed by atoms with E-state index in [1.165, 1.54) is 0 Å². The Morgan fingerprint density at radius 3 is 2.90 bits per heavy atom. The van der Waals surface area contributed by atoms with Crippen molar-refractivity contribution in [3.8, 4) is 18.1 Å². The van der Waals surface area contributed by atoms with Crippen LogP contribution < -0.4 is 14.8 Å². The third-order valence-corrected chi connectivity index (χ3v) is 3.14. The zero-order valence-electron chi connectivity index (χ0n) is 11.6. The van der Waals surface area contributed by atoms with Crippen molar-refractivity contribution in [1.82, 2.24) is 0 Å². The number of nitrogens with one attached hydrogen (secondary N) is 1. The van der Waals surface area contributed by atoms with Gasteiger partial charge in [0.25, 0.3) is 0 Å². The summed E-state index contributed by atoms with van der Waals surface area (Å²) in [6.07, 6.45) is 5.71. The number of fused-ring (bicyclic) bond motifs is 1. The van der Waals surface area contributed by atoms with Crippen molar-refractivity contribution in [2.75, 3.05) is 12.0 Å². The summed E-state index contributed by atoms with van der Waals surface area (Å²) in [6, 6.07) is 10.1. The van der Waals surface area contributed by atoms with Crippen LogP contribution in [0.3, 0.4) is 0 Å². The van der Waals surface area contributed by atoms with Gasteiger partial charge < -0.3 is 4.74 Å². The monoisotopic (exact) mass is 285 g/mol. The Hall–Kier alpha value is -2.12. The molecule has 0 radical (unpaired) electrons. The van der Waals surface area contributed by atoms with Gasteiger partial charge in [0.15, 0.2) is 0 Å². The topological polar surface area (TPSA) is 25.1 Å². The molecule has 4 heteroatoms. The van der Waals surface area contributed by atoms with Crippen LogP contribution in [0, 0.1) is 19.3 Å². The molecule has 1 aromatic carbocycles. The van der Waals surface area contributed by atoms with Gasteiger partial charge in [-0.25, -0.2) is 0 Å². The lowest BCUT2D eigenvalue weighted by molar-refractivity contribution is -0.619. The molecule has 1 N–H and O–H groups in total. The van der Waals surface area contributed by atoms with Crippen molar-refractivity contribution in [3.05, 3.63) is 36.0 Å². The molecule has 0 bridgehead atoms. The maximum absolute atomic E-state index is 5.52. The van der Waals surface area contributed by atoms with Gasteiger partial charge in [-0.05, 0) is 25.1 Å². The highest BCUT2D eigenvalue weighted by atomic mass is 32.1. The molecule has 3 nitrogen and oxygen atoms in total. The number of nitrogens with zero attached hydrogens (tertiary/aromatic N) is 1. The van der Waals surface area contributed by atoms with Crippen LogP contribution >= 0.6 is 12.2 Å². The van der Waals surface area contributed by atoms with Crippen LogP contribution in [0.2, 0.25) is 0 Å². The minimum absolute atomic E-state index is 0.426. The fourth-order valence-corrected chi connectivity index (χ4v) is 2.18. The minimum atomic E-state index is 0.426. The second-order valence-electron chi connectivity index (χ2n) is 4.38. The Morgan fingerprint density at radius 2 is 2.20 bits per heavy atom. The lowest BCUT2D eigenvalue weighted by Crippen LogP contribution is -2.50. The molecular weight excluding hydrogens is 268 g/mol. The number of rotatable bonds is 4. The highest BCUT2D eigenvalue weighted by molar-refractivity contribution is 7.80. The summed E-state index contributed by atoms with van der Waals surface area (Å²) < 4.78 is 7.47. The lowest BCUT2D eigenvalue weighted by Gasteiger charge is -2.07. The van der Waals surface area contributed by atoms with E-state index >= 15 is 0 Å². The van der Waals surface area contributed by atoms with Crippen LogP contribution in [0.5, 0.6) is 5.75 Å². The average Bonchev–Trinajstić information content (AvgIpc) is 2.43. The van der Waals surface area contributed by atoms with E-state index in [1.807, 2.05) is 42.8 Å². The molecule has 0 aliphatic rings. The summed E-state index contributed by atoms with van der Waals surface area (Å²) in [4.78, 5) is 0.627. The van der Waals surface area contributed by atoms with Crippen molar-refractivity contribution in [1.29, 1.82) is 0 Å². The number of hydrogen-bond donors (Lipinski definition) is 1. The van der Waals surface area contributed by atoms with E-state index in [-0.39, 0.29) is 0 Å². The van der Waals surface area contributed by atoms with E-state index < -0.39 is 0 Å². The summed E-state index contributed by atoms with van der Waals surface area (Å²) in [5, 5.41) is 1.08.